The molecule has 1 amide bonds. The fourth-order valence-electron chi connectivity index (χ4n) is 4.34. The largest absolute Gasteiger partial charge is 0.488 e. The van der Waals surface area contributed by atoms with Gasteiger partial charge in [-0.2, -0.15) is 4.99 Å². The van der Waals surface area contributed by atoms with Crippen molar-refractivity contribution in [2.45, 2.75) is 13.5 Å². The average Bonchev–Trinajstić information content (AvgIpc) is 3.28. The van der Waals surface area contributed by atoms with E-state index in [0.717, 1.165) is 42.5 Å². The van der Waals surface area contributed by atoms with E-state index in [-0.39, 0.29) is 18.2 Å². The van der Waals surface area contributed by atoms with E-state index >= 15 is 0 Å². The zero-order chi connectivity index (χ0) is 25.8. The van der Waals surface area contributed by atoms with Crippen molar-refractivity contribution in [1.82, 2.24) is 4.90 Å². The molecule has 3 aromatic carbocycles. The van der Waals surface area contributed by atoms with Crippen LogP contribution in [0, 0.1) is 17.0 Å². The molecule has 1 saturated heterocycles. The summed E-state index contributed by atoms with van der Waals surface area (Å²) in [6, 6.07) is 22.2. The van der Waals surface area contributed by atoms with E-state index in [9.17, 15) is 14.9 Å². The number of anilines is 1. The molecular formula is C28H26N4O4S. The lowest BCUT2D eigenvalue weighted by Gasteiger charge is -2.37. The van der Waals surface area contributed by atoms with Crippen molar-refractivity contribution < 1.29 is 14.5 Å². The van der Waals surface area contributed by atoms with E-state index in [4.69, 9.17) is 4.74 Å². The molecule has 37 heavy (non-hydrogen) atoms. The number of nitro groups is 1. The van der Waals surface area contributed by atoms with Gasteiger partial charge in [0.25, 0.3) is 11.6 Å². The highest BCUT2D eigenvalue weighted by Gasteiger charge is 2.29. The Morgan fingerprint density at radius 3 is 2.38 bits per heavy atom. The Labute approximate surface area is 219 Å². The van der Waals surface area contributed by atoms with Gasteiger partial charge in [-0.25, -0.2) is 0 Å². The number of para-hydroxylation sites is 2. The number of ether oxygens (including phenoxy) is 1. The van der Waals surface area contributed by atoms with Crippen molar-refractivity contribution in [3.8, 4) is 5.75 Å². The van der Waals surface area contributed by atoms with E-state index in [2.05, 4.69) is 46.0 Å². The molecule has 2 aliphatic rings. The second-order valence-corrected chi connectivity index (χ2v) is 9.83. The number of hydrogen-bond donors (Lipinski definition) is 0. The monoisotopic (exact) mass is 514 g/mol. The van der Waals surface area contributed by atoms with Gasteiger partial charge in [0.05, 0.1) is 9.83 Å². The number of amides is 1. The summed E-state index contributed by atoms with van der Waals surface area (Å²) in [5.41, 5.74) is 4.15. The van der Waals surface area contributed by atoms with Crippen LogP contribution in [0.15, 0.2) is 82.7 Å². The minimum Gasteiger partial charge on any atom is -0.488 e. The Morgan fingerprint density at radius 2 is 1.65 bits per heavy atom. The lowest BCUT2D eigenvalue weighted by Crippen LogP contribution is -2.48. The van der Waals surface area contributed by atoms with Gasteiger partial charge >= 0.3 is 0 Å². The summed E-state index contributed by atoms with van der Waals surface area (Å²) in [6.45, 7) is 5.73. The molecule has 2 aliphatic heterocycles. The maximum Gasteiger partial charge on any atom is 0.286 e. The first kappa shape index (κ1) is 24.6. The van der Waals surface area contributed by atoms with Crippen molar-refractivity contribution >= 4 is 40.3 Å². The minimum absolute atomic E-state index is 0.0399. The molecule has 0 bridgehead atoms. The number of aryl methyl sites for hydroxylation is 1. The zero-order valence-electron chi connectivity index (χ0n) is 20.4. The summed E-state index contributed by atoms with van der Waals surface area (Å²) in [6.07, 6.45) is 1.82. The molecule has 0 radical (unpaired) electrons. The number of nitrogens with zero attached hydrogens (tertiary/aromatic N) is 4. The molecule has 0 aliphatic carbocycles. The zero-order valence-corrected chi connectivity index (χ0v) is 21.2. The van der Waals surface area contributed by atoms with Gasteiger partial charge in [0.1, 0.15) is 12.4 Å². The summed E-state index contributed by atoms with van der Waals surface area (Å²) < 4.78 is 5.99. The molecule has 5 rings (SSSR count). The third-order valence-corrected chi connectivity index (χ3v) is 7.41. The van der Waals surface area contributed by atoms with Gasteiger partial charge in [0.15, 0.2) is 5.17 Å². The molecule has 2 heterocycles. The fraction of sp³-hybridized carbons (Fsp3) is 0.214. The summed E-state index contributed by atoms with van der Waals surface area (Å²) in [7, 11) is 0. The van der Waals surface area contributed by atoms with Crippen molar-refractivity contribution in [1.29, 1.82) is 0 Å². The molecule has 0 N–H and O–H groups in total. The number of amidine groups is 1. The maximum absolute atomic E-state index is 12.7. The van der Waals surface area contributed by atoms with Crippen LogP contribution < -0.4 is 9.64 Å². The SMILES string of the molecule is Cc1ccccc1N1CCN(C2=NC(=O)C(=Cc3ccccc3OCc3ccc([N+](=O)[O-])cc3)S2)CC1. The van der Waals surface area contributed by atoms with Crippen LogP contribution in [0.4, 0.5) is 11.4 Å². The molecular weight excluding hydrogens is 488 g/mol. The van der Waals surface area contributed by atoms with Crippen LogP contribution in [0.1, 0.15) is 16.7 Å². The third-order valence-electron chi connectivity index (χ3n) is 6.36. The molecule has 0 spiro atoms. The lowest BCUT2D eigenvalue weighted by atomic mass is 10.1. The number of aliphatic imine (C=N–C) groups is 1. The fourth-order valence-corrected chi connectivity index (χ4v) is 5.29. The first-order valence-electron chi connectivity index (χ1n) is 12.0. The van der Waals surface area contributed by atoms with Crippen LogP contribution in [0.5, 0.6) is 5.75 Å². The Morgan fingerprint density at radius 1 is 0.973 bits per heavy atom. The smallest absolute Gasteiger partial charge is 0.286 e. The average molecular weight is 515 g/mol. The van der Waals surface area contributed by atoms with Crippen LogP contribution in [0.2, 0.25) is 0 Å². The Kier molecular flexibility index (Phi) is 7.23. The number of hydrogen-bond acceptors (Lipinski definition) is 7. The Hall–Kier alpha value is -4.11. The van der Waals surface area contributed by atoms with Crippen molar-refractivity contribution in [2.24, 2.45) is 4.99 Å². The molecule has 8 nitrogen and oxygen atoms in total. The van der Waals surface area contributed by atoms with Crippen molar-refractivity contribution in [2.75, 3.05) is 31.1 Å². The number of thioether (sulfide) groups is 1. The van der Waals surface area contributed by atoms with Gasteiger partial charge in [-0.05, 0) is 60.2 Å². The highest BCUT2D eigenvalue weighted by molar-refractivity contribution is 8.18. The first-order valence-corrected chi connectivity index (χ1v) is 12.8. The second kappa shape index (κ2) is 10.9. The van der Waals surface area contributed by atoms with E-state index < -0.39 is 4.92 Å². The topological polar surface area (TPSA) is 88.3 Å². The van der Waals surface area contributed by atoms with Crippen molar-refractivity contribution in [3.05, 3.63) is 105 Å². The summed E-state index contributed by atoms with van der Waals surface area (Å²) >= 11 is 1.40. The van der Waals surface area contributed by atoms with E-state index in [1.807, 2.05) is 30.3 Å². The van der Waals surface area contributed by atoms with Crippen LogP contribution in [-0.2, 0) is 11.4 Å². The summed E-state index contributed by atoms with van der Waals surface area (Å²) in [5.74, 6) is 0.383. The predicted molar refractivity (Wildman–Crippen MR) is 147 cm³/mol. The number of piperazine rings is 1. The highest BCUT2D eigenvalue weighted by atomic mass is 32.2. The molecule has 3 aromatic rings. The maximum atomic E-state index is 12.7. The molecule has 0 saturated carbocycles. The van der Waals surface area contributed by atoms with E-state index in [0.29, 0.717) is 10.7 Å². The number of carbonyl (C=O) groups is 1. The van der Waals surface area contributed by atoms with Gasteiger partial charge in [-0.1, -0.05) is 36.4 Å². The van der Waals surface area contributed by atoms with E-state index in [1.165, 1.54) is 35.1 Å². The van der Waals surface area contributed by atoms with Gasteiger partial charge in [0, 0.05) is 49.6 Å². The summed E-state index contributed by atoms with van der Waals surface area (Å²) in [5, 5.41) is 11.6. The second-order valence-electron chi connectivity index (χ2n) is 8.82. The highest BCUT2D eigenvalue weighted by Crippen LogP contribution is 2.33. The first-order chi connectivity index (χ1) is 18.0. The van der Waals surface area contributed by atoms with Gasteiger partial charge in [-0.3, -0.25) is 14.9 Å². The van der Waals surface area contributed by atoms with Crippen LogP contribution in [0.25, 0.3) is 6.08 Å². The number of non-ortho nitro benzene ring substituents is 1. The molecule has 1 fully saturated rings. The van der Waals surface area contributed by atoms with E-state index in [1.54, 1.807) is 12.1 Å². The van der Waals surface area contributed by atoms with Crippen LogP contribution in [-0.4, -0.2) is 47.1 Å². The quantitative estimate of drug-likeness (QED) is 0.251. The molecule has 9 heteroatoms. The number of rotatable bonds is 6. The van der Waals surface area contributed by atoms with Crippen LogP contribution in [0.3, 0.4) is 0 Å². The predicted octanol–water partition coefficient (Wildman–Crippen LogP) is 5.27. The summed E-state index contributed by atoms with van der Waals surface area (Å²) in [4.78, 5) is 32.6. The van der Waals surface area contributed by atoms with Gasteiger partial charge < -0.3 is 14.5 Å². The Balaban J connectivity index is 1.22. The number of carbonyl (C=O) groups excluding carboxylic acids is 1. The van der Waals surface area contributed by atoms with Gasteiger partial charge in [0.2, 0.25) is 0 Å². The van der Waals surface area contributed by atoms with Gasteiger partial charge in [-0.15, -0.1) is 0 Å². The van der Waals surface area contributed by atoms with Crippen LogP contribution >= 0.6 is 11.8 Å². The normalized spacial score (nSPS) is 16.7. The molecule has 0 aromatic heterocycles. The molecule has 0 unspecified atom stereocenters. The molecule has 0 atom stereocenters. The molecule has 188 valence electrons. The lowest BCUT2D eigenvalue weighted by molar-refractivity contribution is -0.384. The third kappa shape index (κ3) is 5.67. The number of nitro benzene ring substituents is 1. The number of benzene rings is 3. The minimum atomic E-state index is -0.428. The Bertz CT molecular complexity index is 1380. The van der Waals surface area contributed by atoms with Crippen molar-refractivity contribution in [3.63, 3.8) is 0 Å². The standard InChI is InChI=1S/C28H26N4O4S/c1-20-6-2-4-8-24(20)30-14-16-31(17-15-30)28-29-27(33)26(37-28)18-22-7-3-5-9-25(22)36-19-21-10-12-23(13-11-21)32(34)35/h2-13,18H,14-17,19H2,1H3.